The highest BCUT2D eigenvalue weighted by Crippen LogP contribution is 2.32. The van der Waals surface area contributed by atoms with E-state index in [2.05, 4.69) is 48.8 Å². The van der Waals surface area contributed by atoms with Gasteiger partial charge in [0.1, 0.15) is 5.75 Å². The predicted molar refractivity (Wildman–Crippen MR) is 95.9 cm³/mol. The van der Waals surface area contributed by atoms with E-state index in [1.165, 1.54) is 11.1 Å². The summed E-state index contributed by atoms with van der Waals surface area (Å²) in [4.78, 5) is 4.19. The number of rotatable bonds is 3. The molecule has 1 N–H and O–H groups in total. The third-order valence-corrected chi connectivity index (χ3v) is 4.43. The van der Waals surface area contributed by atoms with Gasteiger partial charge in [-0.15, -0.1) is 0 Å². The minimum absolute atomic E-state index is 0.245. The van der Waals surface area contributed by atoms with E-state index in [0.29, 0.717) is 5.96 Å². The van der Waals surface area contributed by atoms with Crippen molar-refractivity contribution in [2.75, 3.05) is 23.5 Å². The largest absolute Gasteiger partial charge is 0.497 e. The summed E-state index contributed by atoms with van der Waals surface area (Å²) in [5.74, 6) is 1.36. The van der Waals surface area contributed by atoms with E-state index in [4.69, 9.17) is 10.1 Å². The molecule has 2 aromatic carbocycles. The lowest BCUT2D eigenvalue weighted by Gasteiger charge is -2.25. The molecular weight excluding hydrogens is 286 g/mol. The molecule has 1 aliphatic rings. The molecule has 2 aromatic rings. The van der Waals surface area contributed by atoms with Crippen LogP contribution in [0.4, 0.5) is 11.4 Å². The molecule has 0 aromatic heterocycles. The van der Waals surface area contributed by atoms with Gasteiger partial charge in [0.15, 0.2) is 0 Å². The van der Waals surface area contributed by atoms with Gasteiger partial charge in [-0.05, 0) is 56.2 Å². The minimum Gasteiger partial charge on any atom is -0.497 e. The van der Waals surface area contributed by atoms with Gasteiger partial charge in [0.2, 0.25) is 5.96 Å². The summed E-state index contributed by atoms with van der Waals surface area (Å²) in [6.45, 7) is 7.19. The second-order valence-corrected chi connectivity index (χ2v) is 6.09. The summed E-state index contributed by atoms with van der Waals surface area (Å²) in [7, 11) is 1.66. The Bertz CT molecular complexity index is 704. The first-order chi connectivity index (χ1) is 11.0. The van der Waals surface area contributed by atoms with E-state index < -0.39 is 0 Å². The Morgan fingerprint density at radius 2 is 1.65 bits per heavy atom. The standard InChI is InChI=1S/C19H23N3O/c1-13-6-5-7-14(2)18(13)21-12-15(3)22(19(21)20)16-8-10-17(23-4)11-9-16/h5-11,15,20H,12H2,1-4H3. The van der Waals surface area contributed by atoms with Gasteiger partial charge < -0.3 is 14.5 Å². The Morgan fingerprint density at radius 1 is 1.04 bits per heavy atom. The maximum absolute atomic E-state index is 8.68. The lowest BCUT2D eigenvalue weighted by Crippen LogP contribution is -2.35. The number of aryl methyl sites for hydroxylation is 2. The van der Waals surface area contributed by atoms with Crippen LogP contribution in [0.5, 0.6) is 5.75 Å². The Kier molecular flexibility index (Phi) is 3.99. The highest BCUT2D eigenvalue weighted by atomic mass is 16.5. The van der Waals surface area contributed by atoms with E-state index in [9.17, 15) is 0 Å². The molecule has 1 aliphatic heterocycles. The van der Waals surface area contributed by atoms with Crippen LogP contribution in [0.15, 0.2) is 42.5 Å². The number of ether oxygens (including phenoxy) is 1. The van der Waals surface area contributed by atoms with Gasteiger partial charge in [-0.3, -0.25) is 5.41 Å². The first-order valence-electron chi connectivity index (χ1n) is 7.88. The summed E-state index contributed by atoms with van der Waals surface area (Å²) < 4.78 is 5.22. The van der Waals surface area contributed by atoms with Gasteiger partial charge >= 0.3 is 0 Å². The zero-order valence-electron chi connectivity index (χ0n) is 14.1. The van der Waals surface area contributed by atoms with Crippen LogP contribution >= 0.6 is 0 Å². The van der Waals surface area contributed by atoms with E-state index in [1.54, 1.807) is 7.11 Å². The van der Waals surface area contributed by atoms with Crippen molar-refractivity contribution in [1.29, 1.82) is 5.41 Å². The average molecular weight is 309 g/mol. The molecule has 1 unspecified atom stereocenters. The van der Waals surface area contributed by atoms with Crippen LogP contribution in [0.1, 0.15) is 18.1 Å². The second-order valence-electron chi connectivity index (χ2n) is 6.09. The molecule has 3 rings (SSSR count). The van der Waals surface area contributed by atoms with Crippen LogP contribution in [0, 0.1) is 19.3 Å². The topological polar surface area (TPSA) is 39.6 Å². The predicted octanol–water partition coefficient (Wildman–Crippen LogP) is 3.96. The molecule has 0 saturated carbocycles. The smallest absolute Gasteiger partial charge is 0.203 e. The summed E-state index contributed by atoms with van der Waals surface area (Å²) in [6, 6.07) is 14.4. The molecule has 0 radical (unpaired) electrons. The second kappa shape index (κ2) is 5.95. The third kappa shape index (κ3) is 2.65. The van der Waals surface area contributed by atoms with Crippen molar-refractivity contribution in [1.82, 2.24) is 0 Å². The van der Waals surface area contributed by atoms with Gasteiger partial charge in [-0.2, -0.15) is 0 Å². The highest BCUT2D eigenvalue weighted by Gasteiger charge is 2.34. The molecule has 1 atom stereocenters. The van der Waals surface area contributed by atoms with Crippen molar-refractivity contribution in [2.24, 2.45) is 0 Å². The number of guanidine groups is 1. The number of para-hydroxylation sites is 1. The van der Waals surface area contributed by atoms with Crippen LogP contribution in [0.2, 0.25) is 0 Å². The van der Waals surface area contributed by atoms with Crippen LogP contribution in [0.25, 0.3) is 0 Å². The first kappa shape index (κ1) is 15.4. The zero-order chi connectivity index (χ0) is 16.6. The third-order valence-electron chi connectivity index (χ3n) is 4.43. The highest BCUT2D eigenvalue weighted by molar-refractivity contribution is 6.09. The summed E-state index contributed by atoms with van der Waals surface area (Å²) in [6.07, 6.45) is 0. The summed E-state index contributed by atoms with van der Waals surface area (Å²) >= 11 is 0. The molecule has 1 fully saturated rings. The van der Waals surface area contributed by atoms with Crippen molar-refractivity contribution >= 4 is 17.3 Å². The lowest BCUT2D eigenvalue weighted by molar-refractivity contribution is 0.415. The number of hydrogen-bond donors (Lipinski definition) is 1. The molecule has 0 bridgehead atoms. The normalized spacial score (nSPS) is 17.7. The molecule has 0 amide bonds. The van der Waals surface area contributed by atoms with Crippen molar-refractivity contribution in [3.63, 3.8) is 0 Å². The fourth-order valence-corrected chi connectivity index (χ4v) is 3.32. The molecule has 0 aliphatic carbocycles. The van der Waals surface area contributed by atoms with Crippen molar-refractivity contribution in [2.45, 2.75) is 26.8 Å². The Labute approximate surface area is 137 Å². The molecule has 1 saturated heterocycles. The SMILES string of the molecule is COc1ccc(N2C(=N)N(c3c(C)cccc3C)CC2C)cc1. The number of benzene rings is 2. The fourth-order valence-electron chi connectivity index (χ4n) is 3.32. The van der Waals surface area contributed by atoms with Gasteiger partial charge in [0.25, 0.3) is 0 Å². The van der Waals surface area contributed by atoms with E-state index in [0.717, 1.165) is 23.7 Å². The molecule has 4 nitrogen and oxygen atoms in total. The maximum atomic E-state index is 8.68. The van der Waals surface area contributed by atoms with Gasteiger partial charge in [-0.25, -0.2) is 0 Å². The molecule has 1 heterocycles. The lowest BCUT2D eigenvalue weighted by atomic mass is 10.1. The van der Waals surface area contributed by atoms with Gasteiger partial charge in [0, 0.05) is 17.9 Å². The van der Waals surface area contributed by atoms with Gasteiger partial charge in [-0.1, -0.05) is 18.2 Å². The summed E-state index contributed by atoms with van der Waals surface area (Å²) in [5.41, 5.74) is 4.59. The van der Waals surface area contributed by atoms with E-state index in [-0.39, 0.29) is 6.04 Å². The van der Waals surface area contributed by atoms with E-state index >= 15 is 0 Å². The number of hydrogen-bond acceptors (Lipinski definition) is 2. The molecular formula is C19H23N3O. The minimum atomic E-state index is 0.245. The number of anilines is 2. The van der Waals surface area contributed by atoms with Crippen LogP contribution < -0.4 is 14.5 Å². The Hall–Kier alpha value is -2.49. The van der Waals surface area contributed by atoms with E-state index in [1.807, 2.05) is 24.3 Å². The molecule has 23 heavy (non-hydrogen) atoms. The van der Waals surface area contributed by atoms with Crippen LogP contribution in [0.3, 0.4) is 0 Å². The molecule has 120 valence electrons. The Morgan fingerprint density at radius 3 is 2.22 bits per heavy atom. The average Bonchev–Trinajstić information content (AvgIpc) is 2.82. The number of nitrogens with one attached hydrogen (secondary N) is 1. The van der Waals surface area contributed by atoms with Crippen LogP contribution in [-0.4, -0.2) is 25.7 Å². The van der Waals surface area contributed by atoms with Gasteiger partial charge in [0.05, 0.1) is 13.2 Å². The van der Waals surface area contributed by atoms with Crippen molar-refractivity contribution in [3.05, 3.63) is 53.6 Å². The number of nitrogens with zero attached hydrogens (tertiary/aromatic N) is 2. The molecule has 0 spiro atoms. The number of methoxy groups -OCH3 is 1. The van der Waals surface area contributed by atoms with Crippen LogP contribution in [-0.2, 0) is 0 Å². The monoisotopic (exact) mass is 309 g/mol. The van der Waals surface area contributed by atoms with Crippen molar-refractivity contribution in [3.8, 4) is 5.75 Å². The fraction of sp³-hybridized carbons (Fsp3) is 0.316. The zero-order valence-corrected chi connectivity index (χ0v) is 14.1. The van der Waals surface area contributed by atoms with Crippen molar-refractivity contribution < 1.29 is 4.74 Å². The molecule has 4 heteroatoms. The Balaban J connectivity index is 1.95. The maximum Gasteiger partial charge on any atom is 0.203 e. The quantitative estimate of drug-likeness (QED) is 0.933. The first-order valence-corrected chi connectivity index (χ1v) is 7.88. The summed E-state index contributed by atoms with van der Waals surface area (Å²) in [5, 5.41) is 8.68.